The lowest BCUT2D eigenvalue weighted by atomic mass is 10.1. The Bertz CT molecular complexity index is 327. The molecule has 18 heavy (non-hydrogen) atoms. The van der Waals surface area contributed by atoms with Gasteiger partial charge in [0.15, 0.2) is 5.71 Å². The smallest absolute Gasteiger partial charge is 0.174 e. The highest BCUT2D eigenvalue weighted by Crippen LogP contribution is 2.09. The fourth-order valence-corrected chi connectivity index (χ4v) is 1.48. The second-order valence-corrected chi connectivity index (χ2v) is 3.85. The molecule has 0 aliphatic rings. The van der Waals surface area contributed by atoms with Gasteiger partial charge in [-0.15, -0.1) is 0 Å². The number of rotatable bonds is 9. The maximum Gasteiger partial charge on any atom is 0.174 e. The van der Waals surface area contributed by atoms with Gasteiger partial charge in [-0.3, -0.25) is 5.41 Å². The van der Waals surface area contributed by atoms with Crippen LogP contribution in [-0.2, 0) is 4.74 Å². The molecule has 0 spiro atoms. The molecule has 0 heterocycles. The van der Waals surface area contributed by atoms with Gasteiger partial charge < -0.3 is 20.1 Å². The Labute approximate surface area is 111 Å². The Morgan fingerprint density at radius 2 is 2.22 bits per heavy atom. The van der Waals surface area contributed by atoms with Crippen LogP contribution in [0.15, 0.2) is 11.8 Å². The molecule has 0 aromatic heterocycles. The van der Waals surface area contributed by atoms with E-state index in [1.165, 1.54) is 12.1 Å². The van der Waals surface area contributed by atoms with Gasteiger partial charge in [0, 0.05) is 0 Å². The van der Waals surface area contributed by atoms with Crippen LogP contribution in [0.2, 0.25) is 0 Å². The molecule has 0 amide bonds. The van der Waals surface area contributed by atoms with E-state index in [1.807, 2.05) is 0 Å². The molecule has 2 unspecified atom stereocenters. The monoisotopic (exact) mass is 274 g/mol. The first-order valence-electron chi connectivity index (χ1n) is 5.46. The maximum atomic E-state index is 9.66. The van der Waals surface area contributed by atoms with Crippen molar-refractivity contribution in [3.05, 3.63) is 11.8 Å². The quantitative estimate of drug-likeness (QED) is 0.140. The van der Waals surface area contributed by atoms with Crippen molar-refractivity contribution in [3.8, 4) is 6.07 Å². The zero-order valence-electron chi connectivity index (χ0n) is 9.91. The van der Waals surface area contributed by atoms with Crippen molar-refractivity contribution in [3.63, 3.8) is 0 Å². The molecule has 6 nitrogen and oxygen atoms in total. The largest absolute Gasteiger partial charge is 0.505 e. The fourth-order valence-electron chi connectivity index (χ4n) is 1.29. The molecular weight excluding hydrogens is 256 g/mol. The molecule has 0 saturated heterocycles. The van der Waals surface area contributed by atoms with E-state index < -0.39 is 17.9 Å². The summed E-state index contributed by atoms with van der Waals surface area (Å²) < 4.78 is 5.01. The van der Waals surface area contributed by atoms with Crippen LogP contribution in [0.25, 0.3) is 0 Å². The summed E-state index contributed by atoms with van der Waals surface area (Å²) in [7, 11) is 0. The van der Waals surface area contributed by atoms with Crippen LogP contribution >= 0.6 is 12.6 Å². The highest BCUT2D eigenvalue weighted by Gasteiger charge is 2.17. The minimum Gasteiger partial charge on any atom is -0.505 e. The fraction of sp³-hybridized carbons (Fsp3) is 0.636. The van der Waals surface area contributed by atoms with Crippen LogP contribution in [0, 0.1) is 16.7 Å². The molecule has 0 aliphatic carbocycles. The van der Waals surface area contributed by atoms with Gasteiger partial charge in [-0.2, -0.15) is 17.9 Å². The highest BCUT2D eigenvalue weighted by molar-refractivity contribution is 7.80. The SMILES string of the molecule is N#CC(=N)/C(O)=C\CCCC(O)C(CO)OCS. The third-order valence-electron chi connectivity index (χ3n) is 2.31. The Morgan fingerprint density at radius 3 is 2.72 bits per heavy atom. The van der Waals surface area contributed by atoms with E-state index in [-0.39, 0.29) is 18.3 Å². The van der Waals surface area contributed by atoms with Crippen molar-refractivity contribution >= 4 is 18.3 Å². The second-order valence-electron chi connectivity index (χ2n) is 3.59. The molecule has 7 heteroatoms. The third-order valence-corrected chi connectivity index (χ3v) is 2.46. The Kier molecular flexibility index (Phi) is 9.32. The minimum atomic E-state index is -0.812. The Morgan fingerprint density at radius 1 is 1.56 bits per heavy atom. The van der Waals surface area contributed by atoms with E-state index in [4.69, 9.17) is 20.5 Å². The summed E-state index contributed by atoms with van der Waals surface area (Å²) in [5.41, 5.74) is -0.484. The van der Waals surface area contributed by atoms with Gasteiger partial charge in [-0.25, -0.2) is 0 Å². The first-order chi connectivity index (χ1) is 8.56. The summed E-state index contributed by atoms with van der Waals surface area (Å²) in [5, 5.41) is 43.2. The molecule has 0 fully saturated rings. The summed E-state index contributed by atoms with van der Waals surface area (Å²) in [5.74, 6) is -0.250. The average molecular weight is 274 g/mol. The molecule has 0 aliphatic heterocycles. The molecule has 102 valence electrons. The van der Waals surface area contributed by atoms with Crippen molar-refractivity contribution < 1.29 is 20.1 Å². The lowest BCUT2D eigenvalue weighted by Gasteiger charge is -2.20. The molecular formula is C11H18N2O4S. The van der Waals surface area contributed by atoms with Crippen LogP contribution in [0.4, 0.5) is 0 Å². The van der Waals surface area contributed by atoms with Gasteiger partial charge in [-0.1, -0.05) is 0 Å². The lowest BCUT2D eigenvalue weighted by molar-refractivity contribution is -0.0494. The lowest BCUT2D eigenvalue weighted by Crippen LogP contribution is -2.32. The predicted octanol–water partition coefficient (Wildman–Crippen LogP) is 0.768. The molecule has 4 N–H and O–H groups in total. The molecule has 0 radical (unpaired) electrons. The minimum absolute atomic E-state index is 0.113. The van der Waals surface area contributed by atoms with Gasteiger partial charge in [-0.05, 0) is 25.3 Å². The first-order valence-corrected chi connectivity index (χ1v) is 6.09. The third kappa shape index (κ3) is 6.61. The first kappa shape index (κ1) is 16.9. The molecule has 0 bridgehead atoms. The molecule has 2 atom stereocenters. The van der Waals surface area contributed by atoms with Crippen molar-refractivity contribution in [2.24, 2.45) is 0 Å². The number of ether oxygens (including phenoxy) is 1. The average Bonchev–Trinajstić information content (AvgIpc) is 2.39. The number of nitrogens with zero attached hydrogens (tertiary/aromatic N) is 1. The summed E-state index contributed by atoms with van der Waals surface area (Å²) in [6.45, 7) is -0.290. The number of thiol groups is 1. The number of aliphatic hydroxyl groups excluding tert-OH is 3. The summed E-state index contributed by atoms with van der Waals surface area (Å²) in [4.78, 5) is 0. The van der Waals surface area contributed by atoms with Crippen LogP contribution in [0.3, 0.4) is 0 Å². The van der Waals surface area contributed by atoms with Gasteiger partial charge in [0.2, 0.25) is 0 Å². The zero-order valence-corrected chi connectivity index (χ0v) is 10.8. The highest BCUT2D eigenvalue weighted by atomic mass is 32.1. The van der Waals surface area contributed by atoms with E-state index in [1.54, 1.807) is 0 Å². The number of hydrogen-bond acceptors (Lipinski definition) is 7. The Balaban J connectivity index is 3.97. The zero-order chi connectivity index (χ0) is 14.0. The Hall–Kier alpha value is -1.07. The summed E-state index contributed by atoms with van der Waals surface area (Å²) in [6, 6.07) is 1.51. The van der Waals surface area contributed by atoms with Crippen molar-refractivity contribution in [2.75, 3.05) is 12.5 Å². The molecule has 0 aromatic rings. The van der Waals surface area contributed by atoms with E-state index in [9.17, 15) is 10.2 Å². The van der Waals surface area contributed by atoms with Crippen LogP contribution in [-0.4, -0.2) is 45.8 Å². The molecule has 0 saturated carbocycles. The van der Waals surface area contributed by atoms with Gasteiger partial charge >= 0.3 is 0 Å². The van der Waals surface area contributed by atoms with Gasteiger partial charge in [0.1, 0.15) is 17.9 Å². The topological polar surface area (TPSA) is 118 Å². The van der Waals surface area contributed by atoms with Crippen molar-refractivity contribution in [1.29, 1.82) is 10.7 Å². The maximum absolute atomic E-state index is 9.66. The van der Waals surface area contributed by atoms with Crippen molar-refractivity contribution in [2.45, 2.75) is 31.5 Å². The normalized spacial score (nSPS) is 14.9. The number of aliphatic hydroxyl groups is 3. The van der Waals surface area contributed by atoms with E-state index in [2.05, 4.69) is 12.6 Å². The van der Waals surface area contributed by atoms with Gasteiger partial charge in [0.25, 0.3) is 0 Å². The van der Waals surface area contributed by atoms with E-state index >= 15 is 0 Å². The number of nitrogens with one attached hydrogen (secondary N) is 1. The predicted molar refractivity (Wildman–Crippen MR) is 69.7 cm³/mol. The summed E-state index contributed by atoms with van der Waals surface area (Å²) >= 11 is 3.84. The molecule has 0 aromatic carbocycles. The van der Waals surface area contributed by atoms with E-state index in [0.29, 0.717) is 19.3 Å². The number of nitriles is 1. The standard InChI is InChI=1S/C11H18N2O4S/c12-5-8(13)9(15)3-1-2-4-10(16)11(6-14)17-7-18/h3,10-11,13-16,18H,1-2,4,6-7H2/b9-3+,13-8?. The van der Waals surface area contributed by atoms with E-state index in [0.717, 1.165) is 0 Å². The van der Waals surface area contributed by atoms with Gasteiger partial charge in [0.05, 0.1) is 18.6 Å². The van der Waals surface area contributed by atoms with Crippen molar-refractivity contribution in [1.82, 2.24) is 0 Å². The van der Waals surface area contributed by atoms with Crippen LogP contribution in [0.5, 0.6) is 0 Å². The molecule has 0 rings (SSSR count). The number of hydrogen-bond donors (Lipinski definition) is 5. The van der Waals surface area contributed by atoms with Crippen LogP contribution in [0.1, 0.15) is 19.3 Å². The second kappa shape index (κ2) is 9.91. The van der Waals surface area contributed by atoms with Crippen LogP contribution < -0.4 is 0 Å². The summed E-state index contributed by atoms with van der Waals surface area (Å²) in [6.07, 6.45) is 1.21. The number of allylic oxidation sites excluding steroid dienone is 2. The number of unbranched alkanes of at least 4 members (excludes halogenated alkanes) is 1.